The first kappa shape index (κ1) is 22.6. The number of hydrogen-bond donors (Lipinski definition) is 1. The molecule has 3 aliphatic heterocycles. The molecule has 3 unspecified atom stereocenters. The molecule has 1 aromatic carbocycles. The van der Waals surface area contributed by atoms with Crippen LogP contribution < -0.4 is 5.32 Å². The summed E-state index contributed by atoms with van der Waals surface area (Å²) in [6.45, 7) is 14.1. The fourth-order valence-corrected chi connectivity index (χ4v) is 5.51. The summed E-state index contributed by atoms with van der Waals surface area (Å²) >= 11 is 0. The largest absolute Gasteiger partial charge is 0.373 e. The summed E-state index contributed by atoms with van der Waals surface area (Å²) < 4.78 is 6.17. The van der Waals surface area contributed by atoms with E-state index in [4.69, 9.17) is 4.74 Å². The van der Waals surface area contributed by atoms with E-state index >= 15 is 0 Å². The Morgan fingerprint density at radius 3 is 2.77 bits per heavy atom. The van der Waals surface area contributed by atoms with Crippen molar-refractivity contribution in [2.75, 3.05) is 59.5 Å². The van der Waals surface area contributed by atoms with E-state index in [-0.39, 0.29) is 6.10 Å². The zero-order chi connectivity index (χ0) is 21.6. The number of piperidine rings is 1. The highest BCUT2D eigenvalue weighted by Gasteiger charge is 2.41. The molecule has 1 N–H and O–H groups in total. The van der Waals surface area contributed by atoms with Crippen LogP contribution in [0.2, 0.25) is 0 Å². The lowest BCUT2D eigenvalue weighted by Crippen LogP contribution is -2.50. The number of ether oxygens (including phenoxy) is 1. The van der Waals surface area contributed by atoms with Crippen molar-refractivity contribution in [2.24, 2.45) is 16.8 Å². The number of nitrogens with one attached hydrogen (secondary N) is 1. The average molecular weight is 428 g/mol. The Balaban J connectivity index is 1.30. The smallest absolute Gasteiger partial charge is 0.193 e. The van der Waals surface area contributed by atoms with Crippen LogP contribution >= 0.6 is 0 Å². The van der Waals surface area contributed by atoms with Crippen molar-refractivity contribution in [3.8, 4) is 0 Å². The van der Waals surface area contributed by atoms with Gasteiger partial charge in [0.25, 0.3) is 0 Å². The van der Waals surface area contributed by atoms with E-state index in [1.54, 1.807) is 0 Å². The van der Waals surface area contributed by atoms with Gasteiger partial charge in [0.15, 0.2) is 5.96 Å². The van der Waals surface area contributed by atoms with E-state index in [0.29, 0.717) is 12.0 Å². The minimum Gasteiger partial charge on any atom is -0.373 e. The molecule has 0 radical (unpaired) electrons. The van der Waals surface area contributed by atoms with E-state index < -0.39 is 0 Å². The van der Waals surface area contributed by atoms with Crippen LogP contribution in [-0.4, -0.2) is 92.3 Å². The zero-order valence-electron chi connectivity index (χ0n) is 19.7. The fraction of sp³-hybridized carbons (Fsp3) is 0.720. The lowest BCUT2D eigenvalue weighted by atomic mass is 9.97. The van der Waals surface area contributed by atoms with Gasteiger partial charge in [-0.3, -0.25) is 9.89 Å². The van der Waals surface area contributed by atoms with Gasteiger partial charge in [-0.15, -0.1) is 0 Å². The molecule has 6 heteroatoms. The number of hydrogen-bond acceptors (Lipinski definition) is 4. The van der Waals surface area contributed by atoms with Crippen molar-refractivity contribution in [3.63, 3.8) is 0 Å². The molecule has 3 heterocycles. The zero-order valence-corrected chi connectivity index (χ0v) is 19.7. The van der Waals surface area contributed by atoms with Crippen LogP contribution in [0.3, 0.4) is 0 Å². The monoisotopic (exact) mass is 427 g/mol. The van der Waals surface area contributed by atoms with Crippen molar-refractivity contribution < 1.29 is 4.74 Å². The number of fused-ring (bicyclic) bond motifs is 1. The van der Waals surface area contributed by atoms with Gasteiger partial charge in [0.1, 0.15) is 0 Å². The maximum Gasteiger partial charge on any atom is 0.193 e. The SMILES string of the molecule is CN=C(NCC1CCCN(CC(C)C)C1)N1CC2OCCN(Cc3ccccc3)C2C1. The van der Waals surface area contributed by atoms with Crippen molar-refractivity contribution in [2.45, 2.75) is 45.4 Å². The third kappa shape index (κ3) is 5.99. The summed E-state index contributed by atoms with van der Waals surface area (Å²) in [5.74, 6) is 2.49. The van der Waals surface area contributed by atoms with E-state index in [1.807, 2.05) is 7.05 Å². The number of guanidine groups is 1. The van der Waals surface area contributed by atoms with Crippen molar-refractivity contribution in [1.29, 1.82) is 0 Å². The molecule has 0 spiro atoms. The summed E-state index contributed by atoms with van der Waals surface area (Å²) in [5, 5.41) is 3.70. The van der Waals surface area contributed by atoms with Gasteiger partial charge in [0.2, 0.25) is 0 Å². The summed E-state index contributed by atoms with van der Waals surface area (Å²) in [7, 11) is 1.92. The second-order valence-corrected chi connectivity index (χ2v) is 9.93. The summed E-state index contributed by atoms with van der Waals surface area (Å²) in [6, 6.07) is 11.2. The lowest BCUT2D eigenvalue weighted by molar-refractivity contribution is -0.0502. The van der Waals surface area contributed by atoms with Crippen molar-refractivity contribution in [1.82, 2.24) is 20.0 Å². The molecule has 0 amide bonds. The molecular weight excluding hydrogens is 386 g/mol. The van der Waals surface area contributed by atoms with E-state index in [1.165, 1.54) is 38.0 Å². The molecule has 0 aromatic heterocycles. The Morgan fingerprint density at radius 1 is 1.16 bits per heavy atom. The van der Waals surface area contributed by atoms with Gasteiger partial charge in [-0.05, 0) is 36.8 Å². The summed E-state index contributed by atoms with van der Waals surface area (Å²) in [4.78, 5) is 12.3. The third-order valence-corrected chi connectivity index (χ3v) is 6.93. The van der Waals surface area contributed by atoms with Gasteiger partial charge < -0.3 is 19.9 Å². The Kier molecular flexibility index (Phi) is 7.86. The molecule has 0 aliphatic carbocycles. The van der Waals surface area contributed by atoms with Crippen LogP contribution in [0, 0.1) is 11.8 Å². The number of likely N-dealkylation sites (tertiary alicyclic amines) is 2. The van der Waals surface area contributed by atoms with Crippen LogP contribution in [0.5, 0.6) is 0 Å². The van der Waals surface area contributed by atoms with Crippen LogP contribution in [0.15, 0.2) is 35.3 Å². The number of benzene rings is 1. The van der Waals surface area contributed by atoms with E-state index in [9.17, 15) is 0 Å². The van der Waals surface area contributed by atoms with Crippen LogP contribution in [0.1, 0.15) is 32.3 Å². The number of nitrogens with zero attached hydrogens (tertiary/aromatic N) is 4. The standard InChI is InChI=1S/C25H41N5O/c1-20(2)15-28-11-7-10-22(16-28)14-27-25(26-3)30-18-23-24(19-30)31-13-12-29(23)17-21-8-5-4-6-9-21/h4-6,8-9,20,22-24H,7,10-19H2,1-3H3,(H,26,27). The molecule has 3 fully saturated rings. The van der Waals surface area contributed by atoms with Gasteiger partial charge in [-0.2, -0.15) is 0 Å². The molecule has 3 saturated heterocycles. The Hall–Kier alpha value is -1.63. The fourth-order valence-electron chi connectivity index (χ4n) is 5.51. The second-order valence-electron chi connectivity index (χ2n) is 9.93. The topological polar surface area (TPSA) is 43.3 Å². The maximum atomic E-state index is 6.17. The second kappa shape index (κ2) is 10.8. The number of aliphatic imine (C=N–C) groups is 1. The third-order valence-electron chi connectivity index (χ3n) is 6.93. The molecule has 1 aromatic rings. The first-order valence-corrected chi connectivity index (χ1v) is 12.2. The predicted molar refractivity (Wildman–Crippen MR) is 127 cm³/mol. The maximum absolute atomic E-state index is 6.17. The van der Waals surface area contributed by atoms with Gasteiger partial charge in [0, 0.05) is 52.9 Å². The minimum absolute atomic E-state index is 0.271. The normalized spacial score (nSPS) is 28.2. The first-order valence-electron chi connectivity index (χ1n) is 12.2. The molecule has 6 nitrogen and oxygen atoms in total. The van der Waals surface area contributed by atoms with Gasteiger partial charge in [-0.1, -0.05) is 44.2 Å². The lowest BCUT2D eigenvalue weighted by Gasteiger charge is -2.36. The number of rotatable bonds is 6. The molecule has 0 saturated carbocycles. The highest BCUT2D eigenvalue weighted by molar-refractivity contribution is 5.80. The Bertz CT molecular complexity index is 709. The van der Waals surface area contributed by atoms with Gasteiger partial charge in [-0.25, -0.2) is 0 Å². The molecule has 3 aliphatic rings. The van der Waals surface area contributed by atoms with Crippen molar-refractivity contribution in [3.05, 3.63) is 35.9 Å². The van der Waals surface area contributed by atoms with Crippen LogP contribution in [0.25, 0.3) is 0 Å². The predicted octanol–water partition coefficient (Wildman–Crippen LogP) is 2.52. The Labute approximate surface area is 188 Å². The molecular formula is C25H41N5O. The highest BCUT2D eigenvalue weighted by Crippen LogP contribution is 2.25. The summed E-state index contributed by atoms with van der Waals surface area (Å²) in [6.07, 6.45) is 2.90. The molecule has 0 bridgehead atoms. The van der Waals surface area contributed by atoms with Crippen LogP contribution in [-0.2, 0) is 11.3 Å². The summed E-state index contributed by atoms with van der Waals surface area (Å²) in [5.41, 5.74) is 1.38. The van der Waals surface area contributed by atoms with Gasteiger partial charge in [0.05, 0.1) is 18.8 Å². The molecule has 31 heavy (non-hydrogen) atoms. The Morgan fingerprint density at radius 2 is 2.00 bits per heavy atom. The highest BCUT2D eigenvalue weighted by atomic mass is 16.5. The van der Waals surface area contributed by atoms with E-state index in [0.717, 1.165) is 51.2 Å². The molecule has 4 rings (SSSR count). The van der Waals surface area contributed by atoms with Crippen molar-refractivity contribution >= 4 is 5.96 Å². The first-order chi connectivity index (χ1) is 15.1. The van der Waals surface area contributed by atoms with Crippen LogP contribution in [0.4, 0.5) is 0 Å². The van der Waals surface area contributed by atoms with E-state index in [2.05, 4.69) is 69.2 Å². The average Bonchev–Trinajstić information content (AvgIpc) is 3.20. The minimum atomic E-state index is 0.271. The van der Waals surface area contributed by atoms with Gasteiger partial charge >= 0.3 is 0 Å². The molecule has 172 valence electrons. The quantitative estimate of drug-likeness (QED) is 0.558. The number of morpholine rings is 1. The molecule has 3 atom stereocenters.